The van der Waals surface area contributed by atoms with Gasteiger partial charge in [0.1, 0.15) is 5.56 Å². The van der Waals surface area contributed by atoms with Crippen LogP contribution in [0.1, 0.15) is 36.0 Å². The quantitative estimate of drug-likeness (QED) is 0.658. The van der Waals surface area contributed by atoms with Crippen molar-refractivity contribution < 1.29 is 23.6 Å². The van der Waals surface area contributed by atoms with Gasteiger partial charge in [-0.3, -0.25) is 14.9 Å². The zero-order chi connectivity index (χ0) is 15.6. The zero-order valence-corrected chi connectivity index (χ0v) is 11.0. The number of nitro groups is 1. The molecule has 114 valence electrons. The monoisotopic (exact) mass is 300 g/mol. The fourth-order valence-corrected chi connectivity index (χ4v) is 2.40. The van der Waals surface area contributed by atoms with E-state index >= 15 is 0 Å². The number of halogens is 2. The molecule has 8 heteroatoms. The molecule has 0 unspecified atom stereocenters. The molecule has 1 aliphatic carbocycles. The van der Waals surface area contributed by atoms with Gasteiger partial charge < -0.3 is 10.4 Å². The van der Waals surface area contributed by atoms with E-state index in [9.17, 15) is 28.8 Å². The van der Waals surface area contributed by atoms with Crippen LogP contribution in [0.5, 0.6) is 0 Å². The average molecular weight is 300 g/mol. The molecule has 2 atom stereocenters. The molecule has 0 aliphatic heterocycles. The molecule has 6 nitrogen and oxygen atoms in total. The first-order valence-electron chi connectivity index (χ1n) is 6.52. The molecule has 1 saturated carbocycles. The van der Waals surface area contributed by atoms with Crippen molar-refractivity contribution in [3.63, 3.8) is 0 Å². The Balaban J connectivity index is 2.26. The summed E-state index contributed by atoms with van der Waals surface area (Å²) in [5.41, 5.74) is -1.37. The highest BCUT2D eigenvalue weighted by atomic mass is 19.2. The lowest BCUT2D eigenvalue weighted by Gasteiger charge is -2.28. The van der Waals surface area contributed by atoms with Crippen LogP contribution in [0.15, 0.2) is 12.1 Å². The highest BCUT2D eigenvalue weighted by molar-refractivity contribution is 5.98. The van der Waals surface area contributed by atoms with Crippen LogP contribution in [0.4, 0.5) is 14.5 Å². The number of rotatable bonds is 3. The Morgan fingerprint density at radius 3 is 2.52 bits per heavy atom. The van der Waals surface area contributed by atoms with Gasteiger partial charge in [0.05, 0.1) is 23.1 Å². The second-order valence-electron chi connectivity index (χ2n) is 4.97. The van der Waals surface area contributed by atoms with Gasteiger partial charge in [0.2, 0.25) is 0 Å². The SMILES string of the molecule is O=C(N[C@H]1CCCC[C@@H]1O)c1cc(F)c(F)cc1[N+](=O)[O-]. The lowest BCUT2D eigenvalue weighted by atomic mass is 9.92. The molecule has 0 spiro atoms. The third kappa shape index (κ3) is 3.33. The first kappa shape index (κ1) is 15.3. The van der Waals surface area contributed by atoms with E-state index in [4.69, 9.17) is 0 Å². The number of aliphatic hydroxyl groups excluding tert-OH is 1. The van der Waals surface area contributed by atoms with E-state index in [1.165, 1.54) is 0 Å². The van der Waals surface area contributed by atoms with Gasteiger partial charge in [-0.05, 0) is 18.9 Å². The molecule has 2 N–H and O–H groups in total. The summed E-state index contributed by atoms with van der Waals surface area (Å²) in [5.74, 6) is -3.63. The summed E-state index contributed by atoms with van der Waals surface area (Å²) in [4.78, 5) is 21.9. The number of aliphatic hydroxyl groups is 1. The van der Waals surface area contributed by atoms with Crippen LogP contribution in [0, 0.1) is 21.7 Å². The van der Waals surface area contributed by atoms with E-state index in [1.807, 2.05) is 0 Å². The topological polar surface area (TPSA) is 92.5 Å². The number of nitrogens with one attached hydrogen (secondary N) is 1. The molecule has 21 heavy (non-hydrogen) atoms. The van der Waals surface area contributed by atoms with Crippen LogP contribution in [0.3, 0.4) is 0 Å². The molecule has 1 aromatic rings. The van der Waals surface area contributed by atoms with Crippen molar-refractivity contribution in [3.8, 4) is 0 Å². The number of amides is 1. The van der Waals surface area contributed by atoms with E-state index in [-0.39, 0.29) is 0 Å². The number of nitrogens with zero attached hydrogens (tertiary/aromatic N) is 1. The summed E-state index contributed by atoms with van der Waals surface area (Å²) in [6.45, 7) is 0. The van der Waals surface area contributed by atoms with Crippen LogP contribution in [-0.4, -0.2) is 28.1 Å². The Hall–Kier alpha value is -2.09. The maximum Gasteiger partial charge on any atom is 0.285 e. The van der Waals surface area contributed by atoms with E-state index in [2.05, 4.69) is 5.32 Å². The van der Waals surface area contributed by atoms with Crippen molar-refractivity contribution in [3.05, 3.63) is 39.4 Å². The van der Waals surface area contributed by atoms with Crippen molar-refractivity contribution >= 4 is 11.6 Å². The van der Waals surface area contributed by atoms with Crippen LogP contribution in [0.25, 0.3) is 0 Å². The number of carbonyl (C=O) groups is 1. The zero-order valence-electron chi connectivity index (χ0n) is 11.0. The van der Waals surface area contributed by atoms with E-state index < -0.39 is 45.9 Å². The Morgan fingerprint density at radius 1 is 1.29 bits per heavy atom. The molecule has 0 bridgehead atoms. The van der Waals surface area contributed by atoms with Gasteiger partial charge in [0, 0.05) is 0 Å². The minimum absolute atomic E-state index is 0.377. The minimum Gasteiger partial charge on any atom is -0.391 e. The highest BCUT2D eigenvalue weighted by Gasteiger charge is 2.29. The number of hydrogen-bond donors (Lipinski definition) is 2. The molecule has 2 rings (SSSR count). The Labute approximate surface area is 118 Å². The lowest BCUT2D eigenvalue weighted by Crippen LogP contribution is -2.45. The Bertz CT molecular complexity index is 580. The number of benzene rings is 1. The van der Waals surface area contributed by atoms with Gasteiger partial charge in [-0.1, -0.05) is 12.8 Å². The predicted molar refractivity (Wildman–Crippen MR) is 68.7 cm³/mol. The summed E-state index contributed by atoms with van der Waals surface area (Å²) in [6, 6.07) is 0.332. The fraction of sp³-hybridized carbons (Fsp3) is 0.462. The summed E-state index contributed by atoms with van der Waals surface area (Å²) in [7, 11) is 0. The van der Waals surface area contributed by atoms with E-state index in [0.717, 1.165) is 12.8 Å². The van der Waals surface area contributed by atoms with Gasteiger partial charge >= 0.3 is 0 Å². The van der Waals surface area contributed by atoms with Gasteiger partial charge in [-0.15, -0.1) is 0 Å². The van der Waals surface area contributed by atoms with Crippen molar-refractivity contribution in [1.82, 2.24) is 5.32 Å². The Morgan fingerprint density at radius 2 is 1.90 bits per heavy atom. The first-order chi connectivity index (χ1) is 9.90. The summed E-state index contributed by atoms with van der Waals surface area (Å²) in [6.07, 6.45) is 1.95. The maximum absolute atomic E-state index is 13.2. The van der Waals surface area contributed by atoms with Crippen molar-refractivity contribution in [1.29, 1.82) is 0 Å². The van der Waals surface area contributed by atoms with Crippen LogP contribution >= 0.6 is 0 Å². The standard InChI is InChI=1S/C13H14F2N2O4/c14-8-5-7(11(17(20)21)6-9(8)15)13(19)16-10-3-1-2-4-12(10)18/h5-6,10,12,18H,1-4H2,(H,16,19)/t10-,12-/m0/s1. The van der Waals surface area contributed by atoms with Crippen molar-refractivity contribution in [2.75, 3.05) is 0 Å². The van der Waals surface area contributed by atoms with E-state index in [0.29, 0.717) is 25.0 Å². The summed E-state index contributed by atoms with van der Waals surface area (Å²) < 4.78 is 26.3. The summed E-state index contributed by atoms with van der Waals surface area (Å²) >= 11 is 0. The number of hydrogen-bond acceptors (Lipinski definition) is 4. The van der Waals surface area contributed by atoms with Crippen molar-refractivity contribution in [2.24, 2.45) is 0 Å². The van der Waals surface area contributed by atoms with Gasteiger partial charge in [0.15, 0.2) is 11.6 Å². The second-order valence-corrected chi connectivity index (χ2v) is 4.97. The smallest absolute Gasteiger partial charge is 0.285 e. The molecular formula is C13H14F2N2O4. The lowest BCUT2D eigenvalue weighted by molar-refractivity contribution is -0.385. The predicted octanol–water partition coefficient (Wildman–Crippen LogP) is 1.91. The first-order valence-corrected chi connectivity index (χ1v) is 6.52. The molecule has 1 amide bonds. The molecule has 1 aliphatic rings. The van der Waals surface area contributed by atoms with Crippen LogP contribution in [-0.2, 0) is 0 Å². The van der Waals surface area contributed by atoms with Crippen LogP contribution < -0.4 is 5.32 Å². The molecule has 0 radical (unpaired) electrons. The molecular weight excluding hydrogens is 286 g/mol. The largest absolute Gasteiger partial charge is 0.391 e. The van der Waals surface area contributed by atoms with Crippen molar-refractivity contribution in [2.45, 2.75) is 37.8 Å². The minimum atomic E-state index is -1.39. The third-order valence-electron chi connectivity index (χ3n) is 3.53. The van der Waals surface area contributed by atoms with E-state index in [1.54, 1.807) is 0 Å². The van der Waals surface area contributed by atoms with Gasteiger partial charge in [-0.25, -0.2) is 8.78 Å². The summed E-state index contributed by atoms with van der Waals surface area (Å²) in [5, 5.41) is 23.0. The number of carbonyl (C=O) groups excluding carboxylic acids is 1. The molecule has 1 fully saturated rings. The Kier molecular flexibility index (Phi) is 4.46. The molecule has 0 heterocycles. The fourth-order valence-electron chi connectivity index (χ4n) is 2.40. The normalized spacial score (nSPS) is 21.9. The van der Waals surface area contributed by atoms with Gasteiger partial charge in [-0.2, -0.15) is 0 Å². The third-order valence-corrected chi connectivity index (χ3v) is 3.53. The molecule has 1 aromatic carbocycles. The maximum atomic E-state index is 13.2. The average Bonchev–Trinajstić information content (AvgIpc) is 2.43. The number of nitro benzene ring substituents is 1. The second kappa shape index (κ2) is 6.13. The molecule has 0 saturated heterocycles. The highest BCUT2D eigenvalue weighted by Crippen LogP contribution is 2.24. The molecule has 0 aromatic heterocycles. The van der Waals surface area contributed by atoms with Crippen LogP contribution in [0.2, 0.25) is 0 Å². The van der Waals surface area contributed by atoms with Gasteiger partial charge in [0.25, 0.3) is 11.6 Å².